The molecular formula is C29H35N3O7. The maximum absolute atomic E-state index is 13.6. The first-order chi connectivity index (χ1) is 18.7. The molecule has 39 heavy (non-hydrogen) atoms. The Hall–Kier alpha value is -4.34. The molecule has 2 amide bonds. The Morgan fingerprint density at radius 1 is 1.08 bits per heavy atom. The highest BCUT2D eigenvalue weighted by Crippen LogP contribution is 2.28. The van der Waals surface area contributed by atoms with Gasteiger partial charge in [-0.2, -0.15) is 0 Å². The van der Waals surface area contributed by atoms with Crippen molar-refractivity contribution in [3.05, 3.63) is 87.4 Å². The van der Waals surface area contributed by atoms with E-state index in [2.05, 4.69) is 0 Å². The predicted molar refractivity (Wildman–Crippen MR) is 146 cm³/mol. The minimum absolute atomic E-state index is 0.134. The van der Waals surface area contributed by atoms with Crippen LogP contribution in [-0.4, -0.2) is 59.9 Å². The van der Waals surface area contributed by atoms with Crippen molar-refractivity contribution in [2.24, 2.45) is 0 Å². The lowest BCUT2D eigenvalue weighted by atomic mass is 10.1. The summed E-state index contributed by atoms with van der Waals surface area (Å²) in [6.07, 6.45) is 2.69. The number of nitrogens with zero attached hydrogens (tertiary/aromatic N) is 3. The quantitative estimate of drug-likeness (QED) is 0.222. The Bertz CT molecular complexity index is 1290. The van der Waals surface area contributed by atoms with Crippen LogP contribution in [0.25, 0.3) is 0 Å². The fourth-order valence-corrected chi connectivity index (χ4v) is 4.18. The van der Waals surface area contributed by atoms with Crippen LogP contribution in [0.3, 0.4) is 0 Å². The van der Waals surface area contributed by atoms with Crippen LogP contribution < -0.4 is 9.47 Å². The van der Waals surface area contributed by atoms with Gasteiger partial charge in [0.2, 0.25) is 5.91 Å². The number of nitro benzene ring substituents is 1. The van der Waals surface area contributed by atoms with Crippen molar-refractivity contribution >= 4 is 17.5 Å². The average molecular weight is 538 g/mol. The molecule has 1 atom stereocenters. The van der Waals surface area contributed by atoms with Gasteiger partial charge < -0.3 is 23.7 Å². The normalized spacial score (nSPS) is 11.5. The maximum atomic E-state index is 13.6. The summed E-state index contributed by atoms with van der Waals surface area (Å²) < 4.78 is 16.2. The first-order valence-electron chi connectivity index (χ1n) is 12.8. The molecule has 1 aromatic heterocycles. The third kappa shape index (κ3) is 7.37. The number of aryl methyl sites for hydroxylation is 1. The van der Waals surface area contributed by atoms with Gasteiger partial charge in [0.1, 0.15) is 12.3 Å². The molecule has 0 aliphatic rings. The Labute approximate surface area is 228 Å². The van der Waals surface area contributed by atoms with E-state index in [-0.39, 0.29) is 36.3 Å². The van der Waals surface area contributed by atoms with E-state index in [1.807, 2.05) is 32.0 Å². The van der Waals surface area contributed by atoms with Crippen LogP contribution in [0, 0.1) is 17.0 Å². The Balaban J connectivity index is 1.84. The van der Waals surface area contributed by atoms with Gasteiger partial charge in [-0.25, -0.2) is 0 Å². The van der Waals surface area contributed by atoms with Gasteiger partial charge in [0.25, 0.3) is 11.6 Å². The fraction of sp³-hybridized carbons (Fsp3) is 0.379. The molecule has 3 aromatic rings. The van der Waals surface area contributed by atoms with E-state index in [0.29, 0.717) is 42.2 Å². The van der Waals surface area contributed by atoms with E-state index < -0.39 is 10.8 Å². The average Bonchev–Trinajstić information content (AvgIpc) is 3.46. The molecule has 2 aromatic carbocycles. The second kappa shape index (κ2) is 13.5. The molecule has 0 radical (unpaired) electrons. The minimum Gasteiger partial charge on any atom is -0.493 e. The molecule has 0 bridgehead atoms. The molecule has 0 saturated heterocycles. The fourth-order valence-electron chi connectivity index (χ4n) is 4.18. The predicted octanol–water partition coefficient (Wildman–Crippen LogP) is 5.03. The highest BCUT2D eigenvalue weighted by Gasteiger charge is 2.27. The second-order valence-electron chi connectivity index (χ2n) is 9.28. The number of carbonyl (C=O) groups excluding carboxylic acids is 2. The molecule has 0 aliphatic heterocycles. The largest absolute Gasteiger partial charge is 0.493 e. The summed E-state index contributed by atoms with van der Waals surface area (Å²) in [4.78, 5) is 41.2. The van der Waals surface area contributed by atoms with Crippen LogP contribution in [0.1, 0.15) is 47.5 Å². The van der Waals surface area contributed by atoms with Gasteiger partial charge in [-0.15, -0.1) is 0 Å². The van der Waals surface area contributed by atoms with Crippen LogP contribution in [0.5, 0.6) is 11.5 Å². The highest BCUT2D eigenvalue weighted by atomic mass is 16.6. The zero-order chi connectivity index (χ0) is 28.5. The molecule has 0 spiro atoms. The number of hydrogen-bond donors (Lipinski definition) is 0. The first kappa shape index (κ1) is 29.2. The Morgan fingerprint density at radius 2 is 1.82 bits per heavy atom. The number of benzene rings is 2. The topological polar surface area (TPSA) is 115 Å². The van der Waals surface area contributed by atoms with Crippen molar-refractivity contribution < 1.29 is 28.4 Å². The number of methoxy groups -OCH3 is 2. The highest BCUT2D eigenvalue weighted by molar-refractivity contribution is 5.97. The number of rotatable bonds is 13. The van der Waals surface area contributed by atoms with Gasteiger partial charge in [0.15, 0.2) is 11.5 Å². The summed E-state index contributed by atoms with van der Waals surface area (Å²) in [7, 11) is 3.14. The standard InChI is InChI=1S/C29H35N3O7/c1-6-21(3)31(29(34)23-11-9-20(2)25(17-23)32(35)36)19-28(33)30(18-24-8-7-15-39-24)14-13-22-10-12-26(37-4)27(16-22)38-5/h7-12,15-17,21H,6,13-14,18-19H2,1-5H3/t21-/m1/s1. The van der Waals surface area contributed by atoms with Crippen molar-refractivity contribution in [2.45, 2.75) is 46.2 Å². The van der Waals surface area contributed by atoms with Crippen molar-refractivity contribution in [3.8, 4) is 11.5 Å². The summed E-state index contributed by atoms with van der Waals surface area (Å²) in [6.45, 7) is 5.82. The van der Waals surface area contributed by atoms with Gasteiger partial charge in [-0.3, -0.25) is 19.7 Å². The third-order valence-corrected chi connectivity index (χ3v) is 6.74. The molecular weight excluding hydrogens is 502 g/mol. The summed E-state index contributed by atoms with van der Waals surface area (Å²) in [6, 6.07) is 13.3. The maximum Gasteiger partial charge on any atom is 0.273 e. The Morgan fingerprint density at radius 3 is 2.44 bits per heavy atom. The van der Waals surface area contributed by atoms with Gasteiger partial charge >= 0.3 is 0 Å². The molecule has 0 fully saturated rings. The van der Waals surface area contributed by atoms with Gasteiger partial charge in [-0.05, 0) is 62.6 Å². The van der Waals surface area contributed by atoms with Crippen molar-refractivity contribution in [1.29, 1.82) is 0 Å². The molecule has 0 aliphatic carbocycles. The first-order valence-corrected chi connectivity index (χ1v) is 12.8. The lowest BCUT2D eigenvalue weighted by Gasteiger charge is -2.31. The lowest BCUT2D eigenvalue weighted by Crippen LogP contribution is -2.46. The zero-order valence-corrected chi connectivity index (χ0v) is 23.0. The van der Waals surface area contributed by atoms with E-state index in [9.17, 15) is 19.7 Å². The molecule has 1 heterocycles. The van der Waals surface area contributed by atoms with Crippen LogP contribution in [0.15, 0.2) is 59.2 Å². The number of nitro groups is 1. The van der Waals surface area contributed by atoms with E-state index in [4.69, 9.17) is 13.9 Å². The third-order valence-electron chi connectivity index (χ3n) is 6.74. The van der Waals surface area contributed by atoms with E-state index >= 15 is 0 Å². The number of carbonyl (C=O) groups is 2. The SMILES string of the molecule is CC[C@@H](C)N(CC(=O)N(CCc1ccc(OC)c(OC)c1)Cc1ccco1)C(=O)c1ccc(C)c([N+](=O)[O-])c1. The van der Waals surface area contributed by atoms with Crippen LogP contribution in [0.4, 0.5) is 5.69 Å². The summed E-state index contributed by atoms with van der Waals surface area (Å²) in [5, 5.41) is 11.4. The lowest BCUT2D eigenvalue weighted by molar-refractivity contribution is -0.385. The zero-order valence-electron chi connectivity index (χ0n) is 23.0. The molecule has 0 N–H and O–H groups in total. The summed E-state index contributed by atoms with van der Waals surface area (Å²) in [5.41, 5.74) is 1.45. The molecule has 208 valence electrons. The van der Waals surface area contributed by atoms with Crippen molar-refractivity contribution in [3.63, 3.8) is 0 Å². The van der Waals surface area contributed by atoms with Crippen LogP contribution in [0.2, 0.25) is 0 Å². The van der Waals surface area contributed by atoms with Crippen LogP contribution in [-0.2, 0) is 17.8 Å². The van der Waals surface area contributed by atoms with Gasteiger partial charge in [0.05, 0.1) is 32.0 Å². The number of hydrogen-bond acceptors (Lipinski definition) is 7. The molecule has 10 nitrogen and oxygen atoms in total. The monoisotopic (exact) mass is 537 g/mol. The van der Waals surface area contributed by atoms with Crippen molar-refractivity contribution in [1.82, 2.24) is 9.80 Å². The van der Waals surface area contributed by atoms with Gasteiger partial charge in [-0.1, -0.05) is 19.1 Å². The van der Waals surface area contributed by atoms with E-state index in [0.717, 1.165) is 5.56 Å². The smallest absolute Gasteiger partial charge is 0.273 e. The Kier molecular flexibility index (Phi) is 10.1. The molecule has 10 heteroatoms. The van der Waals surface area contributed by atoms with E-state index in [1.165, 1.54) is 11.0 Å². The number of furan rings is 1. The summed E-state index contributed by atoms with van der Waals surface area (Å²) in [5.74, 6) is 1.13. The molecule has 0 saturated carbocycles. The number of ether oxygens (including phenoxy) is 2. The molecule has 3 rings (SSSR count). The van der Waals surface area contributed by atoms with Crippen LogP contribution >= 0.6 is 0 Å². The summed E-state index contributed by atoms with van der Waals surface area (Å²) >= 11 is 0. The molecule has 0 unspecified atom stereocenters. The van der Waals surface area contributed by atoms with Gasteiger partial charge in [0, 0.05) is 29.8 Å². The minimum atomic E-state index is -0.510. The number of amides is 2. The second-order valence-corrected chi connectivity index (χ2v) is 9.28. The van der Waals surface area contributed by atoms with E-state index in [1.54, 1.807) is 56.6 Å². The van der Waals surface area contributed by atoms with Crippen molar-refractivity contribution in [2.75, 3.05) is 27.3 Å².